The third-order valence-electron chi connectivity index (χ3n) is 5.17. The number of hydrogen-bond acceptors (Lipinski definition) is 2. The van der Waals surface area contributed by atoms with Crippen molar-refractivity contribution in [3.05, 3.63) is 94.1 Å². The van der Waals surface area contributed by atoms with Crippen LogP contribution in [0, 0.1) is 30.2 Å². The molecule has 5 nitrogen and oxygen atoms in total. The minimum absolute atomic E-state index is 0. The molecule has 0 heterocycles. The first-order valence-electron chi connectivity index (χ1n) is 9.79. The fourth-order valence-electron chi connectivity index (χ4n) is 3.60. The molecule has 3 rings (SSSR count). The Balaban J connectivity index is 0.00000408. The summed E-state index contributed by atoms with van der Waals surface area (Å²) in [5, 5.41) is 2.61. The van der Waals surface area contributed by atoms with Gasteiger partial charge in [0.1, 0.15) is 23.3 Å². The number of rotatable bonds is 6. The molecule has 0 aliphatic rings. The lowest BCUT2D eigenvalue weighted by Crippen LogP contribution is -2.25. The average molecular weight is 482 g/mol. The van der Waals surface area contributed by atoms with Crippen molar-refractivity contribution < 1.29 is 27.7 Å². The zero-order valence-corrected chi connectivity index (χ0v) is 18.5. The smallest absolute Gasteiger partial charge is 0.193 e. The summed E-state index contributed by atoms with van der Waals surface area (Å²) >= 11 is -2.54. The minimum atomic E-state index is -2.54. The molecule has 0 bridgehead atoms. The van der Waals surface area contributed by atoms with Gasteiger partial charge in [0.05, 0.1) is 17.1 Å². The number of anilines is 1. The van der Waals surface area contributed by atoms with Gasteiger partial charge in [0, 0.05) is 24.5 Å². The first kappa shape index (κ1) is 24.4. The Labute approximate surface area is 192 Å². The van der Waals surface area contributed by atoms with Crippen LogP contribution in [0.3, 0.4) is 0 Å². The molecule has 0 saturated carbocycles. The molecule has 0 saturated heterocycles. The van der Waals surface area contributed by atoms with Gasteiger partial charge in [-0.3, -0.25) is 0 Å². The van der Waals surface area contributed by atoms with Gasteiger partial charge in [-0.2, -0.15) is 0 Å². The molecule has 3 aromatic rings. The van der Waals surface area contributed by atoms with Gasteiger partial charge in [-0.15, -0.1) is 0 Å². The standard InChI is InChI=1S/C23H21F4N3O2S.H2/c1-12-4-3-5-16(25)20(12)13(2)21-17(26)8-9-19(33(31)32)22(21)30-23(28)29-11-14-6-7-15(24)10-18(14)27;/h3-10,13H,11H2,1-2H3,(H,31,32)(H3,28,29,30);1H/t13-;/m1./s1. The number of nitrogens with one attached hydrogen (secondary N) is 1. The number of hydrogen-bond donors (Lipinski definition) is 3. The molecule has 0 aliphatic heterocycles. The molecule has 0 fully saturated rings. The predicted octanol–water partition coefficient (Wildman–Crippen LogP) is 5.46. The van der Waals surface area contributed by atoms with Crippen molar-refractivity contribution in [2.75, 3.05) is 5.32 Å². The minimum Gasteiger partial charge on any atom is -0.370 e. The second-order valence-electron chi connectivity index (χ2n) is 7.34. The molecule has 0 radical (unpaired) electrons. The highest BCUT2D eigenvalue weighted by Gasteiger charge is 2.26. The van der Waals surface area contributed by atoms with E-state index in [1.807, 2.05) is 0 Å². The Morgan fingerprint density at radius 2 is 1.79 bits per heavy atom. The highest BCUT2D eigenvalue weighted by Crippen LogP contribution is 2.38. The van der Waals surface area contributed by atoms with Crippen LogP contribution in [-0.4, -0.2) is 14.7 Å². The summed E-state index contributed by atoms with van der Waals surface area (Å²) in [5.41, 5.74) is 6.49. The van der Waals surface area contributed by atoms with Gasteiger partial charge in [-0.25, -0.2) is 26.8 Å². The highest BCUT2D eigenvalue weighted by molar-refractivity contribution is 7.79. The summed E-state index contributed by atoms with van der Waals surface area (Å²) in [6.45, 7) is 2.95. The summed E-state index contributed by atoms with van der Waals surface area (Å²) in [5.74, 6) is -4.05. The molecule has 0 spiro atoms. The van der Waals surface area contributed by atoms with Crippen molar-refractivity contribution in [2.45, 2.75) is 31.2 Å². The molecule has 0 aromatic heterocycles. The van der Waals surface area contributed by atoms with Gasteiger partial charge in [-0.1, -0.05) is 25.1 Å². The molecular formula is C23H23F4N3O2S. The maximum Gasteiger partial charge on any atom is 0.193 e. The number of guanidine groups is 1. The van der Waals surface area contributed by atoms with Crippen molar-refractivity contribution in [1.29, 1.82) is 0 Å². The Bertz CT molecular complexity index is 1240. The first-order chi connectivity index (χ1) is 15.6. The number of nitrogens with zero attached hydrogens (tertiary/aromatic N) is 1. The molecule has 176 valence electrons. The van der Waals surface area contributed by atoms with E-state index in [-0.39, 0.29) is 41.2 Å². The zero-order valence-electron chi connectivity index (χ0n) is 17.7. The number of aliphatic imine (C=N–C) groups is 1. The number of aryl methyl sites for hydroxylation is 1. The van der Waals surface area contributed by atoms with Gasteiger partial charge in [0.2, 0.25) is 0 Å². The van der Waals surface area contributed by atoms with Crippen LogP contribution in [0.2, 0.25) is 0 Å². The molecule has 33 heavy (non-hydrogen) atoms. The van der Waals surface area contributed by atoms with Gasteiger partial charge >= 0.3 is 0 Å². The van der Waals surface area contributed by atoms with Crippen molar-refractivity contribution in [1.82, 2.24) is 0 Å². The van der Waals surface area contributed by atoms with Crippen molar-refractivity contribution in [3.8, 4) is 0 Å². The fraction of sp³-hybridized carbons (Fsp3) is 0.174. The predicted molar refractivity (Wildman–Crippen MR) is 122 cm³/mol. The second kappa shape index (κ2) is 10.1. The van der Waals surface area contributed by atoms with Crippen molar-refractivity contribution in [3.63, 3.8) is 0 Å². The lowest BCUT2D eigenvalue weighted by atomic mass is 9.88. The largest absolute Gasteiger partial charge is 0.370 e. The van der Waals surface area contributed by atoms with E-state index in [4.69, 9.17) is 5.73 Å². The van der Waals surface area contributed by atoms with Crippen LogP contribution in [-0.2, 0) is 17.6 Å². The van der Waals surface area contributed by atoms with Crippen LogP contribution in [0.1, 0.15) is 36.5 Å². The van der Waals surface area contributed by atoms with E-state index in [1.54, 1.807) is 19.9 Å². The maximum absolute atomic E-state index is 15.0. The quantitative estimate of drug-likeness (QED) is 0.189. The van der Waals surface area contributed by atoms with Crippen LogP contribution in [0.5, 0.6) is 0 Å². The third-order valence-corrected chi connectivity index (χ3v) is 5.88. The third kappa shape index (κ3) is 5.40. The molecule has 3 aromatic carbocycles. The summed E-state index contributed by atoms with van der Waals surface area (Å²) in [4.78, 5) is 3.77. The summed E-state index contributed by atoms with van der Waals surface area (Å²) in [7, 11) is 0. The number of halogens is 4. The molecule has 10 heteroatoms. The Morgan fingerprint density at radius 1 is 1.09 bits per heavy atom. The van der Waals surface area contributed by atoms with Crippen molar-refractivity contribution in [2.24, 2.45) is 10.7 Å². The number of nitrogens with two attached hydrogens (primary N) is 1. The second-order valence-corrected chi connectivity index (χ2v) is 8.28. The van der Waals surface area contributed by atoms with Gasteiger partial charge in [0.25, 0.3) is 0 Å². The van der Waals surface area contributed by atoms with Crippen LogP contribution in [0.25, 0.3) is 0 Å². The summed E-state index contributed by atoms with van der Waals surface area (Å²) < 4.78 is 78.2. The van der Waals surface area contributed by atoms with Gasteiger partial charge < -0.3 is 15.6 Å². The average Bonchev–Trinajstić information content (AvgIpc) is 2.72. The maximum atomic E-state index is 15.0. The summed E-state index contributed by atoms with van der Waals surface area (Å²) in [6.07, 6.45) is 0. The van der Waals surface area contributed by atoms with Crippen LogP contribution >= 0.6 is 0 Å². The van der Waals surface area contributed by atoms with E-state index in [1.165, 1.54) is 18.2 Å². The Morgan fingerprint density at radius 3 is 2.42 bits per heavy atom. The van der Waals surface area contributed by atoms with E-state index in [9.17, 15) is 26.3 Å². The zero-order chi connectivity index (χ0) is 24.3. The lowest BCUT2D eigenvalue weighted by Gasteiger charge is -2.22. The van der Waals surface area contributed by atoms with Crippen LogP contribution < -0.4 is 11.1 Å². The van der Waals surface area contributed by atoms with Crippen molar-refractivity contribution >= 4 is 22.7 Å². The molecule has 4 N–H and O–H groups in total. The SMILES string of the molecule is Cc1cccc(F)c1[C@@H](C)c1c(F)ccc(S(=O)O)c1NC(N)=NCc1ccc(F)cc1F.[HH]. The van der Waals surface area contributed by atoms with E-state index in [0.29, 0.717) is 11.6 Å². The topological polar surface area (TPSA) is 87.7 Å². The molecule has 2 atom stereocenters. The van der Waals surface area contributed by atoms with E-state index in [0.717, 1.165) is 18.2 Å². The van der Waals surface area contributed by atoms with E-state index < -0.39 is 40.3 Å². The van der Waals surface area contributed by atoms with Gasteiger partial charge in [-0.05, 0) is 42.3 Å². The summed E-state index contributed by atoms with van der Waals surface area (Å²) in [6, 6.07) is 9.51. The highest BCUT2D eigenvalue weighted by atomic mass is 32.2. The lowest BCUT2D eigenvalue weighted by molar-refractivity contribution is 0.562. The Hall–Kier alpha value is -3.24. The Kier molecular flexibility index (Phi) is 7.50. The molecule has 0 amide bonds. The van der Waals surface area contributed by atoms with Crippen LogP contribution in [0.4, 0.5) is 23.2 Å². The van der Waals surface area contributed by atoms with Crippen LogP contribution in [0.15, 0.2) is 58.4 Å². The molecular weight excluding hydrogens is 458 g/mol. The molecule has 1 unspecified atom stereocenters. The van der Waals surface area contributed by atoms with E-state index in [2.05, 4.69) is 10.3 Å². The van der Waals surface area contributed by atoms with E-state index >= 15 is 0 Å². The first-order valence-corrected chi connectivity index (χ1v) is 10.9. The number of benzene rings is 3. The molecule has 0 aliphatic carbocycles. The normalized spacial score (nSPS) is 13.6. The fourth-order valence-corrected chi connectivity index (χ4v) is 4.12. The van der Waals surface area contributed by atoms with Gasteiger partial charge in [0.15, 0.2) is 17.0 Å². The monoisotopic (exact) mass is 481 g/mol.